The first-order valence-corrected chi connectivity index (χ1v) is 10.5. The molecule has 155 valence electrons. The first kappa shape index (κ1) is 25.6. The summed E-state index contributed by atoms with van der Waals surface area (Å²) in [6.45, 7) is 13.1. The number of rotatable bonds is 13. The van der Waals surface area contributed by atoms with E-state index in [0.717, 1.165) is 18.2 Å². The highest BCUT2D eigenvalue weighted by Gasteiger charge is 2.39. The molecule has 0 aromatic carbocycles. The summed E-state index contributed by atoms with van der Waals surface area (Å²) in [6.07, 6.45) is -3.27. The third-order valence-corrected chi connectivity index (χ3v) is 4.00. The van der Waals surface area contributed by atoms with Crippen molar-refractivity contribution in [1.29, 1.82) is 0 Å². The Morgan fingerprint density at radius 3 is 1.15 bits per heavy atom. The highest BCUT2D eigenvalue weighted by atomic mass is 32.3. The fourth-order valence-electron chi connectivity index (χ4n) is 1.76. The van der Waals surface area contributed by atoms with Crippen molar-refractivity contribution in [2.45, 2.75) is 18.3 Å². The molecule has 3 unspecified atom stereocenters. The van der Waals surface area contributed by atoms with E-state index in [4.69, 9.17) is 13.7 Å². The van der Waals surface area contributed by atoms with Gasteiger partial charge in [0.05, 0.1) is 5.92 Å². The Hall–Kier alpha value is -1.43. The predicted molar refractivity (Wildman–Crippen MR) is 92.2 cm³/mol. The molecule has 1 radical (unpaired) electrons. The van der Waals surface area contributed by atoms with E-state index in [1.165, 1.54) is 0 Å². The van der Waals surface area contributed by atoms with Gasteiger partial charge in [0.2, 0.25) is 0 Å². The van der Waals surface area contributed by atoms with Gasteiger partial charge in [-0.25, -0.2) is 12.5 Å². The van der Waals surface area contributed by atoms with Crippen LogP contribution in [0.15, 0.2) is 50.1 Å². The van der Waals surface area contributed by atoms with Gasteiger partial charge in [0, 0.05) is 0 Å². The summed E-state index contributed by atoms with van der Waals surface area (Å²) in [5.41, 5.74) is -0.537. The van der Waals surface area contributed by atoms with Gasteiger partial charge in [-0.1, -0.05) is 24.8 Å². The topological polar surface area (TPSA) is 191 Å². The van der Waals surface area contributed by atoms with Gasteiger partial charge in [-0.3, -0.25) is 13.7 Å². The minimum atomic E-state index is -5.14. The lowest BCUT2D eigenvalue weighted by molar-refractivity contribution is 0.163. The molecule has 0 saturated carbocycles. The Bertz CT molecular complexity index is 838. The van der Waals surface area contributed by atoms with Crippen molar-refractivity contribution >= 4 is 31.2 Å². The molecular weight excluding hydrogens is 432 g/mol. The smallest absolute Gasteiger partial charge is 0.264 e. The Labute approximate surface area is 157 Å². The lowest BCUT2D eigenvalue weighted by atomic mass is 9.85. The summed E-state index contributed by atoms with van der Waals surface area (Å²) in [5, 5.41) is 0. The van der Waals surface area contributed by atoms with Crippen LogP contribution in [0.25, 0.3) is 0 Å². The minimum Gasteiger partial charge on any atom is -0.264 e. The van der Waals surface area contributed by atoms with Gasteiger partial charge < -0.3 is 0 Å². The molecule has 0 bridgehead atoms. The van der Waals surface area contributed by atoms with E-state index in [9.17, 15) is 25.3 Å². The molecule has 0 rings (SSSR count). The summed E-state index contributed by atoms with van der Waals surface area (Å²) in [6, 6.07) is 0. The Morgan fingerprint density at radius 1 is 0.667 bits per heavy atom. The summed E-state index contributed by atoms with van der Waals surface area (Å²) in [4.78, 5) is 0. The highest BCUT2D eigenvalue weighted by molar-refractivity contribution is 7.81. The zero-order valence-corrected chi connectivity index (χ0v) is 16.0. The van der Waals surface area contributed by atoms with Gasteiger partial charge in [-0.05, 0) is 5.57 Å². The molecule has 0 spiro atoms. The Kier molecular flexibility index (Phi) is 9.16. The predicted octanol–water partition coefficient (Wildman–Crippen LogP) is 0.239. The van der Waals surface area contributed by atoms with Crippen LogP contribution in [0.3, 0.4) is 0 Å². The van der Waals surface area contributed by atoms with E-state index in [1.807, 2.05) is 0 Å². The molecule has 0 amide bonds. The summed E-state index contributed by atoms with van der Waals surface area (Å²) in [5.74, 6) is -0.608. The van der Waals surface area contributed by atoms with Crippen LogP contribution in [0.1, 0.15) is 0 Å². The SMILES string of the molecule is C=CC(OS(=O)(=O)O)[C](C(=C)C(C=C)OS(=O)(=O)O)C(C=C)OS(=O)(=O)O. The molecule has 0 aliphatic heterocycles. The fraction of sp³-hybridized carbons (Fsp3) is 0.250. The molecule has 15 heteroatoms. The number of hydrogen-bond acceptors (Lipinski definition) is 9. The first-order chi connectivity index (χ1) is 12.0. The van der Waals surface area contributed by atoms with Crippen LogP contribution in [0, 0.1) is 5.92 Å². The van der Waals surface area contributed by atoms with E-state index >= 15 is 0 Å². The lowest BCUT2D eigenvalue weighted by Gasteiger charge is -2.31. The van der Waals surface area contributed by atoms with Crippen molar-refractivity contribution in [2.24, 2.45) is 0 Å². The zero-order chi connectivity index (χ0) is 21.6. The molecule has 0 heterocycles. The van der Waals surface area contributed by atoms with E-state index in [2.05, 4.69) is 38.9 Å². The van der Waals surface area contributed by atoms with Crippen LogP contribution in [0.5, 0.6) is 0 Å². The molecule has 12 nitrogen and oxygen atoms in total. The normalized spacial score (nSPS) is 16.3. The van der Waals surface area contributed by atoms with Crippen LogP contribution in [-0.2, 0) is 43.7 Å². The third kappa shape index (κ3) is 9.89. The van der Waals surface area contributed by atoms with Crippen molar-refractivity contribution < 1.29 is 51.5 Å². The largest absolute Gasteiger partial charge is 0.398 e. The molecule has 0 aliphatic rings. The maximum atomic E-state index is 11.0. The molecule has 3 atom stereocenters. The molecule has 3 N–H and O–H groups in total. The average Bonchev–Trinajstić information content (AvgIpc) is 2.47. The minimum absolute atomic E-state index is 0.537. The third-order valence-electron chi connectivity index (χ3n) is 2.65. The van der Waals surface area contributed by atoms with Gasteiger partial charge in [-0.15, -0.1) is 19.7 Å². The Balaban J connectivity index is 6.29. The van der Waals surface area contributed by atoms with E-state index in [-0.39, 0.29) is 0 Å². The fourth-order valence-corrected chi connectivity index (χ4v) is 3.11. The summed E-state index contributed by atoms with van der Waals surface area (Å²) in [7, 11) is -15.3. The number of hydrogen-bond donors (Lipinski definition) is 3. The van der Waals surface area contributed by atoms with Crippen LogP contribution in [-0.4, -0.2) is 57.2 Å². The van der Waals surface area contributed by atoms with Gasteiger partial charge in [-0.2, -0.15) is 25.3 Å². The monoisotopic (exact) mass is 449 g/mol. The maximum absolute atomic E-state index is 11.0. The summed E-state index contributed by atoms with van der Waals surface area (Å²) >= 11 is 0. The highest BCUT2D eigenvalue weighted by Crippen LogP contribution is 2.32. The van der Waals surface area contributed by atoms with Crippen molar-refractivity contribution in [3.63, 3.8) is 0 Å². The van der Waals surface area contributed by atoms with Crippen LogP contribution in [0.4, 0.5) is 0 Å². The van der Waals surface area contributed by atoms with Crippen LogP contribution < -0.4 is 0 Å². The molecule has 0 saturated heterocycles. The van der Waals surface area contributed by atoms with Gasteiger partial charge in [0.1, 0.15) is 18.3 Å². The van der Waals surface area contributed by atoms with Gasteiger partial charge >= 0.3 is 31.2 Å². The van der Waals surface area contributed by atoms with Crippen LogP contribution >= 0.6 is 0 Å². The maximum Gasteiger partial charge on any atom is 0.398 e. The molecular formula is C12H17O12S3. The van der Waals surface area contributed by atoms with E-state index < -0.39 is 61.0 Å². The first-order valence-electron chi connectivity index (χ1n) is 6.45. The van der Waals surface area contributed by atoms with Crippen LogP contribution in [0.2, 0.25) is 0 Å². The Morgan fingerprint density at radius 2 is 0.926 bits per heavy atom. The van der Waals surface area contributed by atoms with Crippen molar-refractivity contribution in [2.75, 3.05) is 0 Å². The van der Waals surface area contributed by atoms with Crippen molar-refractivity contribution in [3.05, 3.63) is 56.0 Å². The second-order valence-corrected chi connectivity index (χ2v) is 7.67. The van der Waals surface area contributed by atoms with Crippen molar-refractivity contribution in [3.8, 4) is 0 Å². The second kappa shape index (κ2) is 9.67. The quantitative estimate of drug-likeness (QED) is 0.257. The molecule has 0 fully saturated rings. The molecule has 0 aromatic heterocycles. The van der Waals surface area contributed by atoms with E-state index in [1.54, 1.807) is 0 Å². The lowest BCUT2D eigenvalue weighted by Crippen LogP contribution is -2.38. The van der Waals surface area contributed by atoms with Gasteiger partial charge in [0.25, 0.3) is 0 Å². The second-order valence-electron chi connectivity index (χ2n) is 4.52. The summed E-state index contributed by atoms with van der Waals surface area (Å²) < 4.78 is 105. The van der Waals surface area contributed by atoms with Crippen molar-refractivity contribution in [1.82, 2.24) is 0 Å². The standard InChI is InChI=1S/C12H17O12S3/c1-5-9(22-25(13,14)15)8(4)12(10(6-2)23-26(16,17)18)11(7-3)24-27(19,20)21/h5-7,9-11H,1-4H2,(H,13,14,15)(H,16,17,18)(H,19,20,21). The zero-order valence-electron chi connectivity index (χ0n) is 13.5. The molecule has 0 aromatic rings. The average molecular weight is 449 g/mol. The molecule has 27 heavy (non-hydrogen) atoms. The van der Waals surface area contributed by atoms with E-state index in [0.29, 0.717) is 0 Å². The van der Waals surface area contributed by atoms with Gasteiger partial charge in [0.15, 0.2) is 0 Å². The molecule has 0 aliphatic carbocycles.